The molecule has 18 heavy (non-hydrogen) atoms. The first kappa shape index (κ1) is 12.8. The van der Waals surface area contributed by atoms with Gasteiger partial charge in [0, 0.05) is 5.39 Å². The van der Waals surface area contributed by atoms with Crippen molar-refractivity contribution in [1.29, 1.82) is 0 Å². The molecule has 0 aliphatic heterocycles. The summed E-state index contributed by atoms with van der Waals surface area (Å²) in [6.45, 7) is 5.59. The average molecular weight is 246 g/mol. The Kier molecular flexibility index (Phi) is 3.26. The molecule has 0 saturated carbocycles. The number of benzene rings is 1. The van der Waals surface area contributed by atoms with Crippen molar-refractivity contribution >= 4 is 16.8 Å². The second kappa shape index (κ2) is 4.58. The molecule has 1 heterocycles. The zero-order valence-electron chi connectivity index (χ0n) is 11.0. The second-order valence-corrected chi connectivity index (χ2v) is 4.72. The Hall–Kier alpha value is -1.61. The third-order valence-corrected chi connectivity index (χ3v) is 3.49. The number of furan rings is 1. The SMILES string of the molecule is CCC(O)(CC)C(=O)c1cc2cc(C)ccc2o1. The number of aryl methyl sites for hydroxylation is 1. The van der Waals surface area contributed by atoms with Gasteiger partial charge in [-0.15, -0.1) is 0 Å². The maximum atomic E-state index is 12.2. The van der Waals surface area contributed by atoms with Gasteiger partial charge in [0.2, 0.25) is 5.78 Å². The molecule has 3 heteroatoms. The number of fused-ring (bicyclic) bond motifs is 1. The van der Waals surface area contributed by atoms with Gasteiger partial charge in [-0.1, -0.05) is 25.5 Å². The van der Waals surface area contributed by atoms with Crippen LogP contribution in [0.5, 0.6) is 0 Å². The average Bonchev–Trinajstić information content (AvgIpc) is 2.79. The van der Waals surface area contributed by atoms with Crippen LogP contribution >= 0.6 is 0 Å². The van der Waals surface area contributed by atoms with Gasteiger partial charge in [0.15, 0.2) is 5.76 Å². The van der Waals surface area contributed by atoms with Gasteiger partial charge >= 0.3 is 0 Å². The van der Waals surface area contributed by atoms with E-state index >= 15 is 0 Å². The van der Waals surface area contributed by atoms with Crippen molar-refractivity contribution in [2.45, 2.75) is 39.2 Å². The summed E-state index contributed by atoms with van der Waals surface area (Å²) in [5.74, 6) is -0.0943. The van der Waals surface area contributed by atoms with Crippen LogP contribution in [0.2, 0.25) is 0 Å². The van der Waals surface area contributed by atoms with Crippen molar-refractivity contribution in [1.82, 2.24) is 0 Å². The van der Waals surface area contributed by atoms with Gasteiger partial charge in [-0.25, -0.2) is 0 Å². The summed E-state index contributed by atoms with van der Waals surface area (Å²) in [5.41, 5.74) is 0.477. The van der Waals surface area contributed by atoms with E-state index in [0.29, 0.717) is 18.4 Å². The van der Waals surface area contributed by atoms with Gasteiger partial charge in [0.1, 0.15) is 11.2 Å². The summed E-state index contributed by atoms with van der Waals surface area (Å²) in [7, 11) is 0. The van der Waals surface area contributed by atoms with Gasteiger partial charge in [-0.3, -0.25) is 4.79 Å². The molecule has 0 bridgehead atoms. The van der Waals surface area contributed by atoms with Crippen LogP contribution < -0.4 is 0 Å². The molecule has 2 rings (SSSR count). The summed E-state index contributed by atoms with van der Waals surface area (Å²) < 4.78 is 5.53. The summed E-state index contributed by atoms with van der Waals surface area (Å²) in [4.78, 5) is 12.2. The molecule has 0 spiro atoms. The van der Waals surface area contributed by atoms with Gasteiger partial charge in [-0.05, 0) is 38.0 Å². The Labute approximate surface area is 106 Å². The van der Waals surface area contributed by atoms with Crippen molar-refractivity contribution in [3.8, 4) is 0 Å². The van der Waals surface area contributed by atoms with Crippen LogP contribution in [0, 0.1) is 6.92 Å². The monoisotopic (exact) mass is 246 g/mol. The number of carbonyl (C=O) groups is 1. The van der Waals surface area contributed by atoms with Crippen LogP contribution in [0.3, 0.4) is 0 Å². The van der Waals surface area contributed by atoms with E-state index < -0.39 is 5.60 Å². The first-order valence-corrected chi connectivity index (χ1v) is 6.27. The summed E-state index contributed by atoms with van der Waals surface area (Å²) in [5, 5.41) is 11.1. The van der Waals surface area contributed by atoms with Crippen molar-refractivity contribution in [3.05, 3.63) is 35.6 Å². The molecule has 0 saturated heterocycles. The lowest BCUT2D eigenvalue weighted by Gasteiger charge is -2.21. The van der Waals surface area contributed by atoms with E-state index in [1.807, 2.05) is 25.1 Å². The standard InChI is InChI=1S/C15H18O3/c1-4-15(17,5-2)14(16)13-9-11-8-10(3)6-7-12(11)18-13/h6-9,17H,4-5H2,1-3H3. The Morgan fingerprint density at radius 3 is 2.56 bits per heavy atom. The molecule has 0 radical (unpaired) electrons. The first-order valence-electron chi connectivity index (χ1n) is 6.27. The topological polar surface area (TPSA) is 50.4 Å². The Morgan fingerprint density at radius 1 is 1.28 bits per heavy atom. The van der Waals surface area contributed by atoms with E-state index in [-0.39, 0.29) is 11.5 Å². The zero-order chi connectivity index (χ0) is 13.3. The van der Waals surface area contributed by atoms with Gasteiger partial charge < -0.3 is 9.52 Å². The summed E-state index contributed by atoms with van der Waals surface area (Å²) >= 11 is 0. The minimum absolute atomic E-state index is 0.238. The van der Waals surface area contributed by atoms with E-state index in [1.54, 1.807) is 19.9 Å². The Bertz CT molecular complexity index is 576. The van der Waals surface area contributed by atoms with Crippen LogP contribution in [0.4, 0.5) is 0 Å². The highest BCUT2D eigenvalue weighted by Gasteiger charge is 2.34. The summed E-state index contributed by atoms with van der Waals surface area (Å²) in [6, 6.07) is 7.46. The maximum Gasteiger partial charge on any atom is 0.229 e. The van der Waals surface area contributed by atoms with Crippen LogP contribution in [0.15, 0.2) is 28.7 Å². The van der Waals surface area contributed by atoms with E-state index in [4.69, 9.17) is 4.42 Å². The predicted octanol–water partition coefficient (Wildman–Crippen LogP) is 3.48. The van der Waals surface area contributed by atoms with Crippen molar-refractivity contribution < 1.29 is 14.3 Å². The van der Waals surface area contributed by atoms with Gasteiger partial charge in [0.05, 0.1) is 0 Å². The Morgan fingerprint density at radius 2 is 1.94 bits per heavy atom. The third-order valence-electron chi connectivity index (χ3n) is 3.49. The molecule has 3 nitrogen and oxygen atoms in total. The Balaban J connectivity index is 2.45. The number of carbonyl (C=O) groups excluding carboxylic acids is 1. The fourth-order valence-electron chi connectivity index (χ4n) is 2.08. The number of hydrogen-bond donors (Lipinski definition) is 1. The minimum atomic E-state index is -1.32. The number of Topliss-reactive ketones (excluding diaryl/α,β-unsaturated/α-hetero) is 1. The zero-order valence-corrected chi connectivity index (χ0v) is 11.0. The molecule has 1 aromatic carbocycles. The molecule has 2 aromatic rings. The van der Waals surface area contributed by atoms with Crippen LogP contribution in [0.1, 0.15) is 42.8 Å². The lowest BCUT2D eigenvalue weighted by molar-refractivity contribution is 0.0253. The number of rotatable bonds is 4. The molecule has 96 valence electrons. The van der Waals surface area contributed by atoms with Crippen LogP contribution in [0.25, 0.3) is 11.0 Å². The molecule has 0 amide bonds. The molecule has 1 N–H and O–H groups in total. The highest BCUT2D eigenvalue weighted by atomic mass is 16.4. The van der Waals surface area contributed by atoms with E-state index in [2.05, 4.69) is 0 Å². The predicted molar refractivity (Wildman–Crippen MR) is 70.8 cm³/mol. The lowest BCUT2D eigenvalue weighted by atomic mass is 9.91. The molecule has 0 unspecified atom stereocenters. The first-order chi connectivity index (χ1) is 8.50. The molecular formula is C15H18O3. The number of ketones is 1. The molecule has 0 atom stereocenters. The fraction of sp³-hybridized carbons (Fsp3) is 0.400. The fourth-order valence-corrected chi connectivity index (χ4v) is 2.08. The van der Waals surface area contributed by atoms with E-state index in [0.717, 1.165) is 10.9 Å². The lowest BCUT2D eigenvalue weighted by Crippen LogP contribution is -2.36. The molecule has 0 fully saturated rings. The molecule has 0 aliphatic carbocycles. The highest BCUT2D eigenvalue weighted by Crippen LogP contribution is 2.26. The number of hydrogen-bond acceptors (Lipinski definition) is 3. The van der Waals surface area contributed by atoms with Crippen LogP contribution in [-0.4, -0.2) is 16.5 Å². The minimum Gasteiger partial charge on any atom is -0.453 e. The van der Waals surface area contributed by atoms with Crippen molar-refractivity contribution in [2.24, 2.45) is 0 Å². The largest absolute Gasteiger partial charge is 0.453 e. The summed E-state index contributed by atoms with van der Waals surface area (Å²) in [6.07, 6.45) is 0.775. The van der Waals surface area contributed by atoms with Gasteiger partial charge in [-0.2, -0.15) is 0 Å². The van der Waals surface area contributed by atoms with Crippen molar-refractivity contribution in [2.75, 3.05) is 0 Å². The highest BCUT2D eigenvalue weighted by molar-refractivity contribution is 6.02. The van der Waals surface area contributed by atoms with Gasteiger partial charge in [0.25, 0.3) is 0 Å². The maximum absolute atomic E-state index is 12.2. The quantitative estimate of drug-likeness (QED) is 0.840. The number of aliphatic hydroxyl groups is 1. The van der Waals surface area contributed by atoms with Crippen LogP contribution in [-0.2, 0) is 0 Å². The normalized spacial score (nSPS) is 12.0. The molecule has 1 aromatic heterocycles. The second-order valence-electron chi connectivity index (χ2n) is 4.72. The van der Waals surface area contributed by atoms with E-state index in [9.17, 15) is 9.90 Å². The smallest absolute Gasteiger partial charge is 0.229 e. The van der Waals surface area contributed by atoms with Crippen molar-refractivity contribution in [3.63, 3.8) is 0 Å². The van der Waals surface area contributed by atoms with E-state index in [1.165, 1.54) is 0 Å². The molecule has 0 aliphatic rings. The third kappa shape index (κ3) is 2.06. The molecular weight excluding hydrogens is 228 g/mol.